The largest absolute Gasteiger partial charge is 0.474 e. The molecule has 3 aromatic heterocycles. The predicted molar refractivity (Wildman–Crippen MR) is 246 cm³/mol. The summed E-state index contributed by atoms with van der Waals surface area (Å²) in [5.74, 6) is 0.898. The van der Waals surface area contributed by atoms with Gasteiger partial charge in [0.25, 0.3) is 11.8 Å². The Morgan fingerprint density at radius 1 is 0.491 bits per heavy atom. The van der Waals surface area contributed by atoms with Gasteiger partial charge >= 0.3 is 0 Å². The van der Waals surface area contributed by atoms with E-state index in [-0.39, 0.29) is 5.41 Å². The molecule has 6 heteroatoms. The monoisotopic (exact) mass is 798 g/mol. The Bertz CT molecular complexity index is 2250. The molecule has 0 saturated heterocycles. The van der Waals surface area contributed by atoms with Gasteiger partial charge in [0.2, 0.25) is 0 Å². The molecule has 57 heavy (non-hydrogen) atoms. The van der Waals surface area contributed by atoms with Gasteiger partial charge in [-0.2, -0.15) is 0 Å². The van der Waals surface area contributed by atoms with Crippen molar-refractivity contribution in [1.82, 2.24) is 9.97 Å². The third kappa shape index (κ3) is 8.88. The number of ether oxygens (including phenoxy) is 2. The zero-order valence-electron chi connectivity index (χ0n) is 35.3. The summed E-state index contributed by atoms with van der Waals surface area (Å²) in [6.07, 6.45) is 18.3. The Kier molecular flexibility index (Phi) is 13.8. The number of hydrogen-bond acceptors (Lipinski definition) is 6. The summed E-state index contributed by atoms with van der Waals surface area (Å²) in [4.78, 5) is 15.1. The molecular formula is C51H62N2O2S2. The van der Waals surface area contributed by atoms with E-state index in [0.29, 0.717) is 25.0 Å². The molecule has 4 nitrogen and oxygen atoms in total. The van der Waals surface area contributed by atoms with Gasteiger partial charge in [0.1, 0.15) is 11.0 Å². The van der Waals surface area contributed by atoms with Crippen LogP contribution < -0.4 is 9.47 Å². The zero-order valence-corrected chi connectivity index (χ0v) is 36.9. The van der Waals surface area contributed by atoms with Crippen molar-refractivity contribution in [3.8, 4) is 54.2 Å². The standard InChI is InChI=1S/C51H62N2O2S2/c1-7-11-13-15-17-19-31-51(32-20-18-16-14-12-8-2)42-33-35(5)21-24-38(42)39-25-23-37(34-43(39)51)44-29-30-46(57-44)41-27-26-40(45-28-22-36(6)56-45)47-48(41)53-50(55-10-4)49(52-47)54-9-3/h21-30,33-34H,7-20,31-32H2,1-6H3. The summed E-state index contributed by atoms with van der Waals surface area (Å²) in [5.41, 5.74) is 12.6. The number of aromatic nitrogens is 2. The maximum absolute atomic E-state index is 6.02. The van der Waals surface area contributed by atoms with Crippen molar-refractivity contribution in [2.75, 3.05) is 13.2 Å². The number of fused-ring (bicyclic) bond motifs is 4. The van der Waals surface area contributed by atoms with E-state index < -0.39 is 0 Å². The summed E-state index contributed by atoms with van der Waals surface area (Å²) in [5, 5.41) is 0. The molecule has 0 radical (unpaired) electrons. The first-order valence-electron chi connectivity index (χ1n) is 21.9. The van der Waals surface area contributed by atoms with Crippen LogP contribution in [0.25, 0.3) is 53.5 Å². The lowest BCUT2D eigenvalue weighted by Gasteiger charge is -2.33. The summed E-state index contributed by atoms with van der Waals surface area (Å²) >= 11 is 3.62. The first-order valence-corrected chi connectivity index (χ1v) is 23.6. The quantitative estimate of drug-likeness (QED) is 0.0680. The van der Waals surface area contributed by atoms with Crippen LogP contribution in [0.3, 0.4) is 0 Å². The lowest BCUT2D eigenvalue weighted by atomic mass is 9.70. The Balaban J connectivity index is 1.28. The highest BCUT2D eigenvalue weighted by atomic mass is 32.1. The lowest BCUT2D eigenvalue weighted by Crippen LogP contribution is -2.25. The van der Waals surface area contributed by atoms with Gasteiger partial charge in [0.15, 0.2) is 0 Å². The van der Waals surface area contributed by atoms with E-state index in [9.17, 15) is 0 Å². The van der Waals surface area contributed by atoms with Crippen LogP contribution in [0.15, 0.2) is 72.8 Å². The predicted octanol–water partition coefficient (Wildman–Crippen LogP) is 15.9. The van der Waals surface area contributed by atoms with E-state index in [2.05, 4.69) is 100 Å². The smallest absolute Gasteiger partial charge is 0.278 e. The summed E-state index contributed by atoms with van der Waals surface area (Å²) in [7, 11) is 0. The fourth-order valence-electron chi connectivity index (χ4n) is 9.02. The first-order chi connectivity index (χ1) is 27.9. The topological polar surface area (TPSA) is 44.2 Å². The van der Waals surface area contributed by atoms with E-state index in [1.165, 1.54) is 132 Å². The molecule has 0 unspecified atom stereocenters. The Hall–Kier alpha value is -4.00. The summed E-state index contributed by atoms with van der Waals surface area (Å²) in [6.45, 7) is 14.0. The van der Waals surface area contributed by atoms with Gasteiger partial charge in [-0.25, -0.2) is 9.97 Å². The molecule has 0 saturated carbocycles. The molecule has 0 N–H and O–H groups in total. The van der Waals surface area contributed by atoms with Gasteiger partial charge in [0, 0.05) is 36.1 Å². The van der Waals surface area contributed by atoms with E-state index >= 15 is 0 Å². The number of hydrogen-bond donors (Lipinski definition) is 0. The molecule has 3 heterocycles. The van der Waals surface area contributed by atoms with Gasteiger partial charge in [-0.3, -0.25) is 0 Å². The Labute approximate surface area is 350 Å². The maximum Gasteiger partial charge on any atom is 0.278 e. The van der Waals surface area contributed by atoms with Gasteiger partial charge in [-0.15, -0.1) is 22.7 Å². The van der Waals surface area contributed by atoms with E-state index in [0.717, 1.165) is 22.2 Å². The minimum absolute atomic E-state index is 0.0536. The minimum atomic E-state index is 0.0536. The van der Waals surface area contributed by atoms with Crippen molar-refractivity contribution in [3.05, 3.63) is 94.4 Å². The van der Waals surface area contributed by atoms with Crippen LogP contribution in [0.4, 0.5) is 0 Å². The Morgan fingerprint density at radius 2 is 0.982 bits per heavy atom. The van der Waals surface area contributed by atoms with Crippen molar-refractivity contribution in [2.45, 2.75) is 137 Å². The van der Waals surface area contributed by atoms with Crippen LogP contribution in [-0.4, -0.2) is 23.2 Å². The highest BCUT2D eigenvalue weighted by molar-refractivity contribution is 7.19. The number of benzene rings is 3. The molecule has 0 spiro atoms. The van der Waals surface area contributed by atoms with E-state index in [4.69, 9.17) is 19.4 Å². The minimum Gasteiger partial charge on any atom is -0.474 e. The average Bonchev–Trinajstić information content (AvgIpc) is 3.95. The Morgan fingerprint density at radius 3 is 1.54 bits per heavy atom. The van der Waals surface area contributed by atoms with Crippen molar-refractivity contribution >= 4 is 33.7 Å². The molecule has 300 valence electrons. The van der Waals surface area contributed by atoms with Gasteiger partial charge < -0.3 is 9.47 Å². The van der Waals surface area contributed by atoms with Crippen LogP contribution in [0.2, 0.25) is 0 Å². The third-order valence-electron chi connectivity index (χ3n) is 11.9. The van der Waals surface area contributed by atoms with Crippen molar-refractivity contribution in [1.29, 1.82) is 0 Å². The lowest BCUT2D eigenvalue weighted by molar-refractivity contribution is 0.271. The fraction of sp³-hybridized carbons (Fsp3) is 0.451. The van der Waals surface area contributed by atoms with Crippen molar-refractivity contribution < 1.29 is 9.47 Å². The summed E-state index contributed by atoms with van der Waals surface area (Å²) in [6, 6.07) is 28.0. The maximum atomic E-state index is 6.02. The first kappa shape index (κ1) is 41.2. The molecule has 7 rings (SSSR count). The number of thiophene rings is 2. The van der Waals surface area contributed by atoms with Crippen LogP contribution in [-0.2, 0) is 5.41 Å². The number of unbranched alkanes of at least 4 members (excludes halogenated alkanes) is 10. The molecule has 1 aliphatic carbocycles. The zero-order chi connectivity index (χ0) is 39.8. The fourth-order valence-corrected chi connectivity index (χ4v) is 10.9. The van der Waals surface area contributed by atoms with Gasteiger partial charge in [-0.1, -0.05) is 139 Å². The van der Waals surface area contributed by atoms with Gasteiger partial charge in [0.05, 0.1) is 13.2 Å². The van der Waals surface area contributed by atoms with Crippen LogP contribution in [0, 0.1) is 13.8 Å². The normalized spacial score (nSPS) is 12.9. The second-order valence-electron chi connectivity index (χ2n) is 16.1. The molecule has 0 fully saturated rings. The SMILES string of the molecule is CCCCCCCCC1(CCCCCCCC)c2cc(C)ccc2-c2ccc(-c3ccc(-c4ccc(-c5ccc(C)s5)c5nc(OCC)c(OCC)nc45)s3)cc21. The molecule has 1 aliphatic rings. The number of nitrogens with zero attached hydrogens (tertiary/aromatic N) is 2. The van der Waals surface area contributed by atoms with E-state index in [1.807, 2.05) is 25.2 Å². The molecule has 0 aliphatic heterocycles. The molecular weight excluding hydrogens is 737 g/mol. The van der Waals surface area contributed by atoms with Crippen molar-refractivity contribution in [2.24, 2.45) is 0 Å². The second kappa shape index (κ2) is 19.2. The molecule has 6 aromatic rings. The average molecular weight is 799 g/mol. The van der Waals surface area contributed by atoms with Crippen LogP contribution in [0.5, 0.6) is 11.8 Å². The van der Waals surface area contributed by atoms with E-state index in [1.54, 1.807) is 22.5 Å². The highest BCUT2D eigenvalue weighted by Crippen LogP contribution is 2.55. The second-order valence-corrected chi connectivity index (χ2v) is 18.4. The molecule has 3 aromatic carbocycles. The van der Waals surface area contributed by atoms with Crippen LogP contribution >= 0.6 is 22.7 Å². The van der Waals surface area contributed by atoms with Crippen LogP contribution in [0.1, 0.15) is 139 Å². The van der Waals surface area contributed by atoms with Gasteiger partial charge in [-0.05, 0) is 98.7 Å². The molecule has 0 bridgehead atoms. The summed E-state index contributed by atoms with van der Waals surface area (Å²) < 4.78 is 12.0. The van der Waals surface area contributed by atoms with Crippen molar-refractivity contribution in [3.63, 3.8) is 0 Å². The third-order valence-corrected chi connectivity index (χ3v) is 14.1. The number of rotatable bonds is 21. The number of aryl methyl sites for hydroxylation is 2. The molecule has 0 amide bonds. The highest BCUT2D eigenvalue weighted by Gasteiger charge is 2.42. The molecule has 0 atom stereocenters.